The van der Waals surface area contributed by atoms with Gasteiger partial charge in [0.15, 0.2) is 0 Å². The van der Waals surface area contributed by atoms with Gasteiger partial charge in [-0.3, -0.25) is 0 Å². The van der Waals surface area contributed by atoms with E-state index in [0.717, 1.165) is 74.3 Å². The third kappa shape index (κ3) is 11.0. The van der Waals surface area contributed by atoms with Crippen molar-refractivity contribution in [1.29, 1.82) is 5.26 Å². The Morgan fingerprint density at radius 3 is 2.24 bits per heavy atom. The Hall–Kier alpha value is -4.77. The number of rotatable bonds is 20. The van der Waals surface area contributed by atoms with Crippen LogP contribution in [0.25, 0.3) is 38.5 Å². The number of unbranched alkanes of at least 4 members (excludes halogenated alkanes) is 3. The van der Waals surface area contributed by atoms with Gasteiger partial charge in [0.05, 0.1) is 46.7 Å². The van der Waals surface area contributed by atoms with Gasteiger partial charge in [0.2, 0.25) is 11.4 Å². The van der Waals surface area contributed by atoms with Gasteiger partial charge in [-0.2, -0.15) is 9.84 Å². The molecule has 0 bridgehead atoms. The van der Waals surface area contributed by atoms with Gasteiger partial charge in [-0.15, -0.1) is 0 Å². The molecule has 1 unspecified atom stereocenters. The average Bonchev–Trinajstić information content (AvgIpc) is 3.82. The molecule has 6 aromatic rings. The molecular weight excluding hydrogens is 925 g/mol. The Morgan fingerprint density at radius 2 is 1.53 bits per heavy atom. The number of benzene rings is 5. The monoisotopic (exact) mass is 994 g/mol. The number of hydrogen-bond donors (Lipinski definition) is 0. The molecule has 7 nitrogen and oxygen atoms in total. The summed E-state index contributed by atoms with van der Waals surface area (Å²) in [5, 5.41) is 17.5. The molecule has 0 saturated carbocycles. The summed E-state index contributed by atoms with van der Waals surface area (Å²) in [5.41, 5.74) is 11.5. The van der Waals surface area contributed by atoms with Crippen LogP contribution >= 0.6 is 31.7 Å². The van der Waals surface area contributed by atoms with E-state index in [0.29, 0.717) is 29.7 Å². The number of allylic oxidation sites excluding steroid dienone is 6. The van der Waals surface area contributed by atoms with Crippen molar-refractivity contribution in [2.24, 2.45) is 0 Å². The lowest BCUT2D eigenvalue weighted by Gasteiger charge is -2.35. The van der Waals surface area contributed by atoms with E-state index in [9.17, 15) is 0 Å². The Morgan fingerprint density at radius 1 is 0.800 bits per heavy atom. The lowest BCUT2D eigenvalue weighted by Crippen LogP contribution is -2.33. The van der Waals surface area contributed by atoms with Crippen molar-refractivity contribution < 1.29 is 13.6 Å². The maximum absolute atomic E-state index is 9.09. The summed E-state index contributed by atoms with van der Waals surface area (Å²) in [6.07, 6.45) is 19.4. The van der Waals surface area contributed by atoms with Crippen molar-refractivity contribution in [2.75, 3.05) is 31.7 Å². The zero-order valence-electron chi connectivity index (χ0n) is 42.8. The molecule has 2 aliphatic rings. The zero-order valence-corrected chi connectivity index (χ0v) is 45.2. The van der Waals surface area contributed by atoms with Crippen molar-refractivity contribution >= 4 is 93.0 Å². The average molecular weight is 996 g/mol. The van der Waals surface area contributed by atoms with Gasteiger partial charge >= 0.3 is 0 Å². The summed E-state index contributed by atoms with van der Waals surface area (Å²) >= 11 is 13.7. The lowest BCUT2D eigenvalue weighted by molar-refractivity contribution is -0.430. The molecule has 1 aromatic heterocycles. The minimum absolute atomic E-state index is 0.114. The van der Waals surface area contributed by atoms with Crippen LogP contribution in [0.15, 0.2) is 114 Å². The van der Waals surface area contributed by atoms with Crippen molar-refractivity contribution in [3.8, 4) is 6.07 Å². The highest BCUT2D eigenvalue weighted by Crippen LogP contribution is 2.46. The first-order valence-corrected chi connectivity index (χ1v) is 27.3. The van der Waals surface area contributed by atoms with Gasteiger partial charge in [-0.25, -0.2) is 4.67 Å². The maximum Gasteiger partial charge on any atom is 0.259 e. The Kier molecular flexibility index (Phi) is 16.8. The second kappa shape index (κ2) is 22.8. The van der Waals surface area contributed by atoms with Gasteiger partial charge < -0.3 is 18.5 Å². The van der Waals surface area contributed by atoms with Crippen LogP contribution in [0.2, 0.25) is 10.0 Å². The van der Waals surface area contributed by atoms with Crippen molar-refractivity contribution in [3.05, 3.63) is 141 Å². The number of nitriles is 1. The molecule has 0 fully saturated rings. The summed E-state index contributed by atoms with van der Waals surface area (Å²) < 4.78 is 19.7. The van der Waals surface area contributed by atoms with E-state index in [2.05, 4.69) is 184 Å². The molecule has 2 heterocycles. The number of aromatic nitrogens is 1. The van der Waals surface area contributed by atoms with Crippen molar-refractivity contribution in [1.82, 2.24) is 9.24 Å². The van der Waals surface area contributed by atoms with Crippen LogP contribution in [0.3, 0.4) is 0 Å². The predicted octanol–water partition coefficient (Wildman–Crippen LogP) is 16.4. The summed E-state index contributed by atoms with van der Waals surface area (Å²) in [5.74, 6) is 0. The Labute approximate surface area is 428 Å². The molecule has 1 aliphatic carbocycles. The smallest absolute Gasteiger partial charge is 0.259 e. The van der Waals surface area contributed by atoms with Crippen LogP contribution in [-0.2, 0) is 21.0 Å². The van der Waals surface area contributed by atoms with Gasteiger partial charge in [0.25, 0.3) is 8.53 Å². The normalized spacial score (nSPS) is 15.6. The molecule has 5 aromatic carbocycles. The van der Waals surface area contributed by atoms with E-state index in [1.54, 1.807) is 0 Å². The SMILES string of the molecule is CC[N+]1=C(/C=C/C2=CC(=C/C=c3\c4ccc(Cl)c5c(Cl)ccc(c54)n3CCCCCCOP(OCCC#N)N(C(C)C)C(C)C)/CCC2)c2cccc3c(N(C)c4ccc(C(C)(C)C)cc4)ccc1c23. The second-order valence-corrected chi connectivity index (χ2v) is 22.6. The van der Waals surface area contributed by atoms with E-state index < -0.39 is 8.53 Å². The quantitative estimate of drug-likeness (QED) is 0.0433. The first-order valence-electron chi connectivity index (χ1n) is 25.5. The van der Waals surface area contributed by atoms with Crippen molar-refractivity contribution in [2.45, 2.75) is 131 Å². The topological polar surface area (TPSA) is 56.7 Å². The molecule has 1 atom stereocenters. The fourth-order valence-corrected chi connectivity index (χ4v) is 12.6. The van der Waals surface area contributed by atoms with E-state index in [-0.39, 0.29) is 17.5 Å². The molecule has 366 valence electrons. The number of hydrogen-bond acceptors (Lipinski definition) is 5. The van der Waals surface area contributed by atoms with Gasteiger partial charge in [0, 0.05) is 81.6 Å². The second-order valence-electron chi connectivity index (χ2n) is 20.4. The van der Waals surface area contributed by atoms with Gasteiger partial charge in [-0.05, 0) is 137 Å². The summed E-state index contributed by atoms with van der Waals surface area (Å²) in [4.78, 5) is 2.32. The number of nitrogens with zero attached hydrogens (tertiary/aromatic N) is 5. The van der Waals surface area contributed by atoms with Gasteiger partial charge in [-0.1, -0.05) is 105 Å². The molecule has 10 heteroatoms. The molecule has 0 N–H and O–H groups in total. The third-order valence-corrected chi connectivity index (χ3v) is 16.6. The summed E-state index contributed by atoms with van der Waals surface area (Å²) in [6.45, 7) is 20.5. The fourth-order valence-electron chi connectivity index (χ4n) is 10.4. The standard InChI is InChI=1S/C60H71Cl2N5O2P/c1-10-65-53(48-21-16-20-47-52(34-35-55(65)57(47)48)64(9)46-26-24-45(25-27-46)60(6,7)8)31-22-43-18-15-19-44(40-43)23-32-54-49-28-29-50(61)59-51(62)30-33-56(58(49)59)66(54)37-13-11-12-14-38-68-70(69-39-17-36-63)67(41(2)3)42(4)5/h16,20-35,40-42H,10-15,17-19,37-39H2,1-9H3/q+1. The molecule has 8 rings (SSSR count). The molecule has 0 saturated heterocycles. The predicted molar refractivity (Wildman–Crippen MR) is 300 cm³/mol. The number of halogens is 2. The van der Waals surface area contributed by atoms with E-state index >= 15 is 0 Å². The van der Waals surface area contributed by atoms with Crippen LogP contribution < -0.4 is 10.2 Å². The van der Waals surface area contributed by atoms with E-state index in [1.165, 1.54) is 66.6 Å². The third-order valence-electron chi connectivity index (χ3n) is 13.9. The Balaban J connectivity index is 1.01. The van der Waals surface area contributed by atoms with Crippen LogP contribution in [0.4, 0.5) is 17.1 Å². The highest BCUT2D eigenvalue weighted by atomic mass is 35.5. The Bertz CT molecular complexity index is 3060. The summed E-state index contributed by atoms with van der Waals surface area (Å²) in [6, 6.07) is 31.5. The molecule has 0 spiro atoms. The number of anilines is 2. The van der Waals surface area contributed by atoms with Crippen LogP contribution in [0, 0.1) is 11.3 Å². The van der Waals surface area contributed by atoms with E-state index in [4.69, 9.17) is 37.5 Å². The number of aryl methyl sites for hydroxylation is 1. The maximum atomic E-state index is 9.09. The van der Waals surface area contributed by atoms with E-state index in [1.807, 2.05) is 12.1 Å². The highest BCUT2D eigenvalue weighted by Gasteiger charge is 2.32. The van der Waals surface area contributed by atoms with Crippen LogP contribution in [0.1, 0.15) is 118 Å². The van der Waals surface area contributed by atoms with Gasteiger partial charge in [0.1, 0.15) is 6.54 Å². The molecule has 0 amide bonds. The minimum Gasteiger partial charge on any atom is -0.344 e. The van der Waals surface area contributed by atoms with Crippen LogP contribution in [0.5, 0.6) is 0 Å². The zero-order chi connectivity index (χ0) is 49.7. The van der Waals surface area contributed by atoms with Crippen molar-refractivity contribution in [3.63, 3.8) is 0 Å². The summed E-state index contributed by atoms with van der Waals surface area (Å²) in [7, 11) is 0.958. The fraction of sp³-hybridized carbons (Fsp3) is 0.400. The minimum atomic E-state index is -1.22. The van der Waals surface area contributed by atoms with Crippen LogP contribution in [-0.4, -0.2) is 58.4 Å². The highest BCUT2D eigenvalue weighted by molar-refractivity contribution is 7.44. The first-order chi connectivity index (χ1) is 33.7. The largest absolute Gasteiger partial charge is 0.344 e. The molecule has 0 radical (unpaired) electrons. The lowest BCUT2D eigenvalue weighted by atomic mass is 9.87. The molecular formula is C60H71Cl2N5O2P+. The first kappa shape index (κ1) is 51.6. The molecule has 1 aliphatic heterocycles. The molecule has 70 heavy (non-hydrogen) atoms.